The second-order valence-electron chi connectivity index (χ2n) is 6.74. The highest BCUT2D eigenvalue weighted by Gasteiger charge is 2.31. The number of nitrogens with zero attached hydrogens (tertiary/aromatic N) is 3. The number of carbonyl (C=O) groups excluding carboxylic acids is 1. The van der Waals surface area contributed by atoms with E-state index in [1.54, 1.807) is 0 Å². The van der Waals surface area contributed by atoms with Crippen molar-refractivity contribution in [3.63, 3.8) is 0 Å². The van der Waals surface area contributed by atoms with E-state index in [4.69, 9.17) is 4.74 Å². The zero-order valence-electron chi connectivity index (χ0n) is 14.5. The van der Waals surface area contributed by atoms with Gasteiger partial charge in [0.25, 0.3) is 5.91 Å². The fourth-order valence-electron chi connectivity index (χ4n) is 3.53. The quantitative estimate of drug-likeness (QED) is 0.847. The Hall–Kier alpha value is -2.69. The molecule has 0 saturated carbocycles. The molecule has 1 amide bonds. The molecular weight excluding hydrogens is 314 g/mol. The van der Waals surface area contributed by atoms with Gasteiger partial charge < -0.3 is 9.64 Å². The van der Waals surface area contributed by atoms with Crippen LogP contribution in [0.1, 0.15) is 35.1 Å². The minimum Gasteiger partial charge on any atom is -0.488 e. The topological polar surface area (TPSA) is 55.3 Å². The second-order valence-corrected chi connectivity index (χ2v) is 6.74. The molecule has 1 atom stereocenters. The number of amides is 1. The number of hydrogen-bond donors (Lipinski definition) is 0. The molecule has 5 heteroatoms. The molecule has 0 unspecified atom stereocenters. The van der Waals surface area contributed by atoms with E-state index in [0.717, 1.165) is 41.5 Å². The number of likely N-dealkylation sites (tertiary alicyclic amines) is 1. The maximum atomic E-state index is 12.9. The van der Waals surface area contributed by atoms with Crippen LogP contribution in [-0.4, -0.2) is 40.5 Å². The van der Waals surface area contributed by atoms with Crippen molar-refractivity contribution in [2.45, 2.75) is 26.2 Å². The number of hydrogen-bond acceptors (Lipinski definition) is 4. The van der Waals surface area contributed by atoms with E-state index < -0.39 is 0 Å². The average Bonchev–Trinajstić information content (AvgIpc) is 3.10. The first kappa shape index (κ1) is 15.8. The van der Waals surface area contributed by atoms with Gasteiger partial charge in [0, 0.05) is 36.0 Å². The number of carbonyl (C=O) groups is 1. The zero-order valence-corrected chi connectivity index (χ0v) is 14.5. The Bertz CT molecular complexity index is 840. The molecule has 25 heavy (non-hydrogen) atoms. The summed E-state index contributed by atoms with van der Waals surface area (Å²) in [5.74, 6) is 1.95. The van der Waals surface area contributed by atoms with E-state index in [1.165, 1.54) is 0 Å². The van der Waals surface area contributed by atoms with E-state index in [9.17, 15) is 4.79 Å². The number of ether oxygens (including phenoxy) is 1. The third-order valence-corrected chi connectivity index (χ3v) is 4.75. The van der Waals surface area contributed by atoms with Gasteiger partial charge in [0.15, 0.2) is 0 Å². The molecule has 0 aliphatic carbocycles. The van der Waals surface area contributed by atoms with Crippen LogP contribution in [0.3, 0.4) is 0 Å². The highest BCUT2D eigenvalue weighted by molar-refractivity contribution is 5.99. The van der Waals surface area contributed by atoms with E-state index in [1.807, 2.05) is 55.2 Å². The molecule has 0 spiro atoms. The van der Waals surface area contributed by atoms with E-state index in [-0.39, 0.29) is 11.8 Å². The average molecular weight is 335 g/mol. The molecule has 0 bridgehead atoms. The minimum atomic E-state index is 0.0568. The molecular formula is C20H21N3O2. The number of aromatic nitrogens is 2. The van der Waals surface area contributed by atoms with Crippen molar-refractivity contribution in [2.75, 3.05) is 19.7 Å². The second kappa shape index (κ2) is 6.31. The van der Waals surface area contributed by atoms with Crippen molar-refractivity contribution in [1.29, 1.82) is 0 Å². The predicted octanol–water partition coefficient (Wildman–Crippen LogP) is 2.89. The summed E-state index contributed by atoms with van der Waals surface area (Å²) >= 11 is 0. The summed E-state index contributed by atoms with van der Waals surface area (Å²) in [6.45, 7) is 5.70. The lowest BCUT2D eigenvalue weighted by Gasteiger charge is -2.22. The summed E-state index contributed by atoms with van der Waals surface area (Å²) in [4.78, 5) is 23.9. The Morgan fingerprint density at radius 1 is 1.20 bits per heavy atom. The van der Waals surface area contributed by atoms with Gasteiger partial charge in [-0.05, 0) is 38.5 Å². The van der Waals surface area contributed by atoms with Crippen molar-refractivity contribution in [1.82, 2.24) is 14.9 Å². The molecule has 1 aromatic heterocycles. The molecule has 0 radical (unpaired) electrons. The summed E-state index contributed by atoms with van der Waals surface area (Å²) < 4.78 is 5.72. The summed E-state index contributed by atoms with van der Waals surface area (Å²) in [5.41, 5.74) is 3.63. The molecule has 0 N–H and O–H groups in total. The maximum Gasteiger partial charge on any atom is 0.253 e. The standard InChI is InChI=1S/C20H21N3O2/c1-13-9-14(2)22-19(21-13)16-7-8-23(11-16)20(24)17-10-15-5-3-4-6-18(15)25-12-17/h3-6,9-10,16H,7-8,11-12H2,1-2H3/t16-/m0/s1. The summed E-state index contributed by atoms with van der Waals surface area (Å²) in [6.07, 6.45) is 2.85. The molecule has 5 nitrogen and oxygen atoms in total. The van der Waals surface area contributed by atoms with E-state index in [0.29, 0.717) is 18.7 Å². The van der Waals surface area contributed by atoms with Crippen LogP contribution in [0.4, 0.5) is 0 Å². The first-order valence-electron chi connectivity index (χ1n) is 8.64. The fourth-order valence-corrected chi connectivity index (χ4v) is 3.53. The van der Waals surface area contributed by atoms with Crippen molar-refractivity contribution in [3.8, 4) is 5.75 Å². The van der Waals surface area contributed by atoms with Crippen LogP contribution in [0, 0.1) is 13.8 Å². The number of rotatable bonds is 2. The largest absolute Gasteiger partial charge is 0.488 e. The SMILES string of the molecule is Cc1cc(C)nc([C@H]2CCN(C(=O)C3=Cc4ccccc4OC3)C2)n1. The first-order valence-corrected chi connectivity index (χ1v) is 8.64. The van der Waals surface area contributed by atoms with Gasteiger partial charge in [-0.25, -0.2) is 9.97 Å². The molecule has 1 aromatic carbocycles. The van der Waals surface area contributed by atoms with Crippen LogP contribution < -0.4 is 4.74 Å². The Morgan fingerprint density at radius 3 is 2.76 bits per heavy atom. The van der Waals surface area contributed by atoms with Crippen LogP contribution >= 0.6 is 0 Å². The molecule has 1 fully saturated rings. The highest BCUT2D eigenvalue weighted by atomic mass is 16.5. The van der Waals surface area contributed by atoms with Crippen LogP contribution in [-0.2, 0) is 4.79 Å². The predicted molar refractivity (Wildman–Crippen MR) is 95.4 cm³/mol. The van der Waals surface area contributed by atoms with Crippen LogP contribution in [0.25, 0.3) is 6.08 Å². The fraction of sp³-hybridized carbons (Fsp3) is 0.350. The molecule has 2 aliphatic rings. The van der Waals surface area contributed by atoms with Gasteiger partial charge in [-0.2, -0.15) is 0 Å². The highest BCUT2D eigenvalue weighted by Crippen LogP contribution is 2.29. The van der Waals surface area contributed by atoms with Crippen molar-refractivity contribution in [3.05, 3.63) is 58.7 Å². The monoisotopic (exact) mass is 335 g/mol. The number of fused-ring (bicyclic) bond motifs is 1. The smallest absolute Gasteiger partial charge is 0.253 e. The van der Waals surface area contributed by atoms with Crippen LogP contribution in [0.5, 0.6) is 5.75 Å². The number of benzene rings is 1. The minimum absolute atomic E-state index is 0.0568. The molecule has 2 aliphatic heterocycles. The number of para-hydroxylation sites is 1. The summed E-state index contributed by atoms with van der Waals surface area (Å²) in [6, 6.07) is 9.76. The summed E-state index contributed by atoms with van der Waals surface area (Å²) in [5, 5.41) is 0. The first-order chi connectivity index (χ1) is 12.1. The Kier molecular flexibility index (Phi) is 3.99. The van der Waals surface area contributed by atoms with Crippen LogP contribution in [0.15, 0.2) is 35.9 Å². The van der Waals surface area contributed by atoms with Crippen LogP contribution in [0.2, 0.25) is 0 Å². The third-order valence-electron chi connectivity index (χ3n) is 4.75. The van der Waals surface area contributed by atoms with Gasteiger partial charge >= 0.3 is 0 Å². The lowest BCUT2D eigenvalue weighted by molar-refractivity contribution is -0.126. The zero-order chi connectivity index (χ0) is 17.4. The summed E-state index contributed by atoms with van der Waals surface area (Å²) in [7, 11) is 0. The molecule has 4 rings (SSSR count). The Labute approximate surface area is 147 Å². The van der Waals surface area contributed by atoms with E-state index in [2.05, 4.69) is 9.97 Å². The van der Waals surface area contributed by atoms with Crippen molar-refractivity contribution >= 4 is 12.0 Å². The van der Waals surface area contributed by atoms with E-state index >= 15 is 0 Å². The van der Waals surface area contributed by atoms with Gasteiger partial charge in [-0.1, -0.05) is 18.2 Å². The van der Waals surface area contributed by atoms with Crippen molar-refractivity contribution in [2.24, 2.45) is 0 Å². The molecule has 1 saturated heterocycles. The maximum absolute atomic E-state index is 12.9. The van der Waals surface area contributed by atoms with Gasteiger partial charge in [0.1, 0.15) is 18.2 Å². The molecule has 128 valence electrons. The Morgan fingerprint density at radius 2 is 1.96 bits per heavy atom. The molecule has 2 aromatic rings. The van der Waals surface area contributed by atoms with Gasteiger partial charge in [-0.3, -0.25) is 4.79 Å². The third kappa shape index (κ3) is 3.14. The van der Waals surface area contributed by atoms with Crippen molar-refractivity contribution < 1.29 is 9.53 Å². The lowest BCUT2D eigenvalue weighted by Crippen LogP contribution is -2.32. The Balaban J connectivity index is 1.50. The van der Waals surface area contributed by atoms with Gasteiger partial charge in [0.05, 0.1) is 5.57 Å². The van der Waals surface area contributed by atoms with Gasteiger partial charge in [0.2, 0.25) is 0 Å². The number of aryl methyl sites for hydroxylation is 2. The normalized spacial score (nSPS) is 19.2. The van der Waals surface area contributed by atoms with Gasteiger partial charge in [-0.15, -0.1) is 0 Å². The molecule has 3 heterocycles. The lowest BCUT2D eigenvalue weighted by atomic mass is 10.1.